The van der Waals surface area contributed by atoms with Crippen molar-refractivity contribution in [3.05, 3.63) is 63.8 Å². The second-order valence-corrected chi connectivity index (χ2v) is 7.61. The highest BCUT2D eigenvalue weighted by atomic mass is 35.5. The standard InChI is InChI=1S/C23H22ClN3O4/c1-12-5-6-16-7-18(22(24)27-21(16)13(12)2)11-31-23(30)17-8-19(25-14(3)28)10-20(9-17)26-15(4)29/h5-10H,11H2,1-4H3,(H,25,28)(H,26,29). The molecule has 2 N–H and O–H groups in total. The number of carbonyl (C=O) groups excluding carboxylic acids is 3. The van der Waals surface area contributed by atoms with E-state index in [0.29, 0.717) is 16.9 Å². The Morgan fingerprint density at radius 2 is 1.58 bits per heavy atom. The number of aryl methyl sites for hydroxylation is 2. The molecule has 0 aliphatic carbocycles. The Bertz CT molecular complexity index is 1170. The zero-order valence-corrected chi connectivity index (χ0v) is 18.4. The van der Waals surface area contributed by atoms with Crippen LogP contribution in [0.3, 0.4) is 0 Å². The lowest BCUT2D eigenvalue weighted by Crippen LogP contribution is -2.12. The molecule has 0 aliphatic rings. The first-order valence-corrected chi connectivity index (χ1v) is 9.94. The lowest BCUT2D eigenvalue weighted by molar-refractivity contribution is -0.115. The highest BCUT2D eigenvalue weighted by Crippen LogP contribution is 2.26. The maximum atomic E-state index is 12.7. The maximum absolute atomic E-state index is 12.7. The SMILES string of the molecule is CC(=O)Nc1cc(NC(C)=O)cc(C(=O)OCc2cc3ccc(C)c(C)c3nc2Cl)c1. The van der Waals surface area contributed by atoms with Gasteiger partial charge in [-0.2, -0.15) is 0 Å². The van der Waals surface area contributed by atoms with Crippen LogP contribution in [0.15, 0.2) is 36.4 Å². The number of hydrogen-bond donors (Lipinski definition) is 2. The van der Waals surface area contributed by atoms with E-state index >= 15 is 0 Å². The van der Waals surface area contributed by atoms with Gasteiger partial charge in [-0.3, -0.25) is 9.59 Å². The Balaban J connectivity index is 1.84. The van der Waals surface area contributed by atoms with E-state index in [4.69, 9.17) is 16.3 Å². The predicted octanol–water partition coefficient (Wildman–Crippen LogP) is 4.78. The van der Waals surface area contributed by atoms with E-state index in [0.717, 1.165) is 22.0 Å². The molecule has 160 valence electrons. The van der Waals surface area contributed by atoms with Crippen LogP contribution in [0.1, 0.15) is 40.9 Å². The number of fused-ring (bicyclic) bond motifs is 1. The fraction of sp³-hybridized carbons (Fsp3) is 0.217. The van der Waals surface area contributed by atoms with Gasteiger partial charge in [-0.15, -0.1) is 0 Å². The number of hydrogen-bond acceptors (Lipinski definition) is 5. The summed E-state index contributed by atoms with van der Waals surface area (Å²) >= 11 is 6.32. The summed E-state index contributed by atoms with van der Waals surface area (Å²) in [6, 6.07) is 10.3. The number of nitrogens with zero attached hydrogens (tertiary/aromatic N) is 1. The highest BCUT2D eigenvalue weighted by molar-refractivity contribution is 6.30. The molecule has 8 heteroatoms. The number of esters is 1. The average molecular weight is 440 g/mol. The summed E-state index contributed by atoms with van der Waals surface area (Å²) < 4.78 is 5.43. The first kappa shape index (κ1) is 22.2. The molecule has 0 unspecified atom stereocenters. The molecule has 2 amide bonds. The lowest BCUT2D eigenvalue weighted by Gasteiger charge is -2.12. The van der Waals surface area contributed by atoms with Gasteiger partial charge in [-0.25, -0.2) is 9.78 Å². The van der Waals surface area contributed by atoms with Crippen LogP contribution in [0.2, 0.25) is 5.15 Å². The third-order valence-corrected chi connectivity index (χ3v) is 5.03. The molecule has 0 fully saturated rings. The summed E-state index contributed by atoms with van der Waals surface area (Å²) in [7, 11) is 0. The van der Waals surface area contributed by atoms with E-state index < -0.39 is 5.97 Å². The number of halogens is 1. The average Bonchev–Trinajstić information content (AvgIpc) is 2.68. The second-order valence-electron chi connectivity index (χ2n) is 7.26. The molecule has 1 aromatic heterocycles. The number of anilines is 2. The van der Waals surface area contributed by atoms with E-state index in [1.165, 1.54) is 26.0 Å². The summed E-state index contributed by atoms with van der Waals surface area (Å²) in [5.74, 6) is -1.24. The van der Waals surface area contributed by atoms with Crippen LogP contribution in [0, 0.1) is 13.8 Å². The number of ether oxygens (including phenoxy) is 1. The molecule has 0 radical (unpaired) electrons. The molecule has 2 aromatic carbocycles. The van der Waals surface area contributed by atoms with Crippen LogP contribution in [0.25, 0.3) is 10.9 Å². The van der Waals surface area contributed by atoms with Crippen molar-refractivity contribution >= 4 is 51.7 Å². The van der Waals surface area contributed by atoms with Gasteiger partial charge in [0.05, 0.1) is 11.1 Å². The Kier molecular flexibility index (Phi) is 6.56. The molecule has 3 rings (SSSR count). The molecule has 0 saturated heterocycles. The van der Waals surface area contributed by atoms with Crippen molar-refractivity contribution in [3.63, 3.8) is 0 Å². The van der Waals surface area contributed by atoms with E-state index in [9.17, 15) is 14.4 Å². The molecule has 0 spiro atoms. The number of nitrogens with one attached hydrogen (secondary N) is 2. The summed E-state index contributed by atoms with van der Waals surface area (Å²) in [5, 5.41) is 6.36. The first-order valence-electron chi connectivity index (χ1n) is 9.57. The van der Waals surface area contributed by atoms with Crippen LogP contribution in [0.5, 0.6) is 0 Å². The van der Waals surface area contributed by atoms with Crippen molar-refractivity contribution in [1.82, 2.24) is 4.98 Å². The Hall–Kier alpha value is -3.45. The quantitative estimate of drug-likeness (QED) is 0.440. The molecular weight excluding hydrogens is 418 g/mol. The van der Waals surface area contributed by atoms with E-state index in [1.807, 2.05) is 32.0 Å². The number of benzene rings is 2. The molecule has 31 heavy (non-hydrogen) atoms. The third-order valence-electron chi connectivity index (χ3n) is 4.71. The minimum Gasteiger partial charge on any atom is -0.457 e. The molecule has 0 atom stereocenters. The fourth-order valence-electron chi connectivity index (χ4n) is 3.13. The van der Waals surface area contributed by atoms with E-state index in [-0.39, 0.29) is 29.1 Å². The van der Waals surface area contributed by atoms with Gasteiger partial charge in [0.15, 0.2) is 0 Å². The van der Waals surface area contributed by atoms with Crippen molar-refractivity contribution in [2.24, 2.45) is 0 Å². The summed E-state index contributed by atoms with van der Waals surface area (Å²) in [5.41, 5.74) is 4.44. The summed E-state index contributed by atoms with van der Waals surface area (Å²) in [6.45, 7) is 6.61. The third kappa shape index (κ3) is 5.38. The van der Waals surface area contributed by atoms with Gasteiger partial charge in [0.2, 0.25) is 11.8 Å². The Morgan fingerprint density at radius 1 is 0.968 bits per heavy atom. The minimum absolute atomic E-state index is 0.0760. The van der Waals surface area contributed by atoms with Gasteiger partial charge in [0.25, 0.3) is 0 Å². The fourth-order valence-corrected chi connectivity index (χ4v) is 3.32. The Labute approximate surface area is 184 Å². The van der Waals surface area contributed by atoms with Crippen molar-refractivity contribution in [2.45, 2.75) is 34.3 Å². The molecule has 0 bridgehead atoms. The van der Waals surface area contributed by atoms with E-state index in [2.05, 4.69) is 15.6 Å². The molecular formula is C23H22ClN3O4. The molecule has 0 saturated carbocycles. The van der Waals surface area contributed by atoms with Crippen LogP contribution >= 0.6 is 11.6 Å². The molecule has 0 aliphatic heterocycles. The largest absolute Gasteiger partial charge is 0.457 e. The maximum Gasteiger partial charge on any atom is 0.338 e. The van der Waals surface area contributed by atoms with Gasteiger partial charge in [-0.05, 0) is 49.2 Å². The molecule has 7 nitrogen and oxygen atoms in total. The van der Waals surface area contributed by atoms with Crippen molar-refractivity contribution < 1.29 is 19.1 Å². The van der Waals surface area contributed by atoms with Crippen LogP contribution in [-0.4, -0.2) is 22.8 Å². The monoisotopic (exact) mass is 439 g/mol. The number of amides is 2. The van der Waals surface area contributed by atoms with Crippen LogP contribution in [0.4, 0.5) is 11.4 Å². The lowest BCUT2D eigenvalue weighted by atomic mass is 10.0. The number of pyridine rings is 1. The molecule has 1 heterocycles. The van der Waals surface area contributed by atoms with Gasteiger partial charge in [0.1, 0.15) is 11.8 Å². The van der Waals surface area contributed by atoms with Gasteiger partial charge >= 0.3 is 5.97 Å². The van der Waals surface area contributed by atoms with Gasteiger partial charge < -0.3 is 15.4 Å². The van der Waals surface area contributed by atoms with E-state index in [1.54, 1.807) is 6.07 Å². The number of aromatic nitrogens is 1. The number of carbonyl (C=O) groups is 3. The van der Waals surface area contributed by atoms with Crippen molar-refractivity contribution in [1.29, 1.82) is 0 Å². The normalized spacial score (nSPS) is 10.6. The van der Waals surface area contributed by atoms with Gasteiger partial charge in [0, 0.05) is 36.2 Å². The van der Waals surface area contributed by atoms with Gasteiger partial charge in [-0.1, -0.05) is 23.7 Å². The minimum atomic E-state index is -0.630. The second kappa shape index (κ2) is 9.14. The Morgan fingerprint density at radius 3 is 2.16 bits per heavy atom. The van der Waals surface area contributed by atoms with Crippen molar-refractivity contribution in [2.75, 3.05) is 10.6 Å². The smallest absolute Gasteiger partial charge is 0.338 e. The predicted molar refractivity (Wildman–Crippen MR) is 120 cm³/mol. The first-order chi connectivity index (χ1) is 14.6. The zero-order valence-electron chi connectivity index (χ0n) is 17.6. The summed E-state index contributed by atoms with van der Waals surface area (Å²) in [6.07, 6.45) is 0. The topological polar surface area (TPSA) is 97.4 Å². The molecule has 3 aromatic rings. The van der Waals surface area contributed by atoms with Crippen molar-refractivity contribution in [3.8, 4) is 0 Å². The zero-order chi connectivity index (χ0) is 22.7. The number of rotatable bonds is 5. The summed E-state index contributed by atoms with van der Waals surface area (Å²) in [4.78, 5) is 39.9. The van der Waals surface area contributed by atoms with Crippen LogP contribution < -0.4 is 10.6 Å². The highest BCUT2D eigenvalue weighted by Gasteiger charge is 2.14. The van der Waals surface area contributed by atoms with Crippen LogP contribution in [-0.2, 0) is 20.9 Å².